The molecule has 0 atom stereocenters. The molecule has 0 bridgehead atoms. The molecule has 9 heteroatoms. The van der Waals surface area contributed by atoms with E-state index in [1.54, 1.807) is 12.1 Å². The van der Waals surface area contributed by atoms with Gasteiger partial charge in [0.05, 0.1) is 31.4 Å². The molecular weight excluding hydrogens is 398 g/mol. The van der Waals surface area contributed by atoms with Gasteiger partial charge in [-0.05, 0) is 18.6 Å². The van der Waals surface area contributed by atoms with E-state index in [4.69, 9.17) is 14.2 Å². The molecule has 3 rings (SSSR count). The van der Waals surface area contributed by atoms with Crippen molar-refractivity contribution in [2.24, 2.45) is 0 Å². The quantitative estimate of drug-likeness (QED) is 0.523. The molecule has 0 unspecified atom stereocenters. The minimum Gasteiger partial charge on any atom is -0.493 e. The molecule has 1 heterocycles. The second-order valence-electron chi connectivity index (χ2n) is 6.44. The Bertz CT molecular complexity index is 1130. The number of hydrogen-bond donors (Lipinski definition) is 0. The van der Waals surface area contributed by atoms with Crippen molar-refractivity contribution >= 4 is 16.9 Å². The molecule has 158 valence electrons. The van der Waals surface area contributed by atoms with Crippen LogP contribution in [-0.4, -0.2) is 29.7 Å². The first-order valence-electron chi connectivity index (χ1n) is 9.14. The molecule has 0 saturated heterocycles. The Morgan fingerprint density at radius 3 is 2.60 bits per heavy atom. The number of ether oxygens (including phenoxy) is 3. The van der Waals surface area contributed by atoms with Gasteiger partial charge in [-0.25, -0.2) is 13.8 Å². The van der Waals surface area contributed by atoms with Crippen LogP contribution in [0.3, 0.4) is 0 Å². The van der Waals surface area contributed by atoms with Gasteiger partial charge in [-0.1, -0.05) is 12.1 Å². The summed E-state index contributed by atoms with van der Waals surface area (Å²) in [6.45, 7) is -0.124. The Hall–Kier alpha value is -3.49. The highest BCUT2D eigenvalue weighted by Gasteiger charge is 2.13. The zero-order chi connectivity index (χ0) is 21.7. The first-order chi connectivity index (χ1) is 14.4. The summed E-state index contributed by atoms with van der Waals surface area (Å²) in [5, 5.41) is 0.360. The Morgan fingerprint density at radius 2 is 1.87 bits per heavy atom. The number of nitrogens with zero attached hydrogens (tertiary/aromatic N) is 2. The van der Waals surface area contributed by atoms with Crippen LogP contribution < -0.4 is 15.0 Å². The number of rotatable bonds is 8. The maximum absolute atomic E-state index is 13.6. The molecule has 0 N–H and O–H groups in total. The molecule has 7 nitrogen and oxygen atoms in total. The summed E-state index contributed by atoms with van der Waals surface area (Å²) in [5.74, 6) is -1.74. The van der Waals surface area contributed by atoms with E-state index in [-0.39, 0.29) is 30.7 Å². The van der Waals surface area contributed by atoms with Crippen LogP contribution in [0.25, 0.3) is 10.9 Å². The third-order valence-corrected chi connectivity index (χ3v) is 4.53. The zero-order valence-corrected chi connectivity index (χ0v) is 16.5. The summed E-state index contributed by atoms with van der Waals surface area (Å²) >= 11 is 0. The number of aromatic nitrogens is 2. The number of esters is 1. The summed E-state index contributed by atoms with van der Waals surface area (Å²) in [4.78, 5) is 28.8. The number of carbonyl (C=O) groups excluding carboxylic acids is 1. The van der Waals surface area contributed by atoms with Gasteiger partial charge in [0.1, 0.15) is 6.61 Å². The lowest BCUT2D eigenvalue weighted by atomic mass is 10.2. The van der Waals surface area contributed by atoms with E-state index in [0.717, 1.165) is 6.07 Å². The minimum absolute atomic E-state index is 0.00729. The fraction of sp³-hybridized carbons (Fsp3) is 0.286. The average Bonchev–Trinajstić information content (AvgIpc) is 2.75. The van der Waals surface area contributed by atoms with Crippen molar-refractivity contribution in [3.8, 4) is 11.5 Å². The molecule has 0 aliphatic carbocycles. The van der Waals surface area contributed by atoms with E-state index >= 15 is 0 Å². The topological polar surface area (TPSA) is 79.7 Å². The highest BCUT2D eigenvalue weighted by molar-refractivity contribution is 5.81. The molecule has 3 aromatic rings. The first-order valence-corrected chi connectivity index (χ1v) is 9.14. The van der Waals surface area contributed by atoms with Gasteiger partial charge in [0.15, 0.2) is 23.1 Å². The molecule has 0 aliphatic rings. The molecule has 1 aromatic heterocycles. The molecule has 0 aliphatic heterocycles. The maximum atomic E-state index is 13.6. The molecule has 30 heavy (non-hydrogen) atoms. The Labute approximate surface area is 170 Å². The lowest BCUT2D eigenvalue weighted by Gasteiger charge is -2.10. The summed E-state index contributed by atoms with van der Waals surface area (Å²) in [6.07, 6.45) is 1.71. The van der Waals surface area contributed by atoms with Crippen molar-refractivity contribution in [3.05, 3.63) is 64.2 Å². The van der Waals surface area contributed by atoms with E-state index in [1.807, 2.05) is 0 Å². The molecule has 2 aromatic carbocycles. The van der Waals surface area contributed by atoms with Gasteiger partial charge in [0.25, 0.3) is 5.56 Å². The average molecular weight is 418 g/mol. The molecule has 0 spiro atoms. The molecule has 0 radical (unpaired) electrons. The standard InChI is InChI=1S/C21H20F2N2O5/c1-28-17-9-14-16(10-18(17)29-2)24-12-25(21(14)27)8-4-7-19(26)30-11-13-5-3-6-15(22)20(13)23/h3,5-6,9-10,12H,4,7-8,11H2,1-2H3. The fourth-order valence-electron chi connectivity index (χ4n) is 2.93. The maximum Gasteiger partial charge on any atom is 0.306 e. The van der Waals surface area contributed by atoms with Gasteiger partial charge in [0, 0.05) is 24.6 Å². The smallest absolute Gasteiger partial charge is 0.306 e. The van der Waals surface area contributed by atoms with Crippen molar-refractivity contribution in [3.63, 3.8) is 0 Å². The van der Waals surface area contributed by atoms with Crippen molar-refractivity contribution in [2.75, 3.05) is 14.2 Å². The van der Waals surface area contributed by atoms with Crippen molar-refractivity contribution in [1.82, 2.24) is 9.55 Å². The van der Waals surface area contributed by atoms with E-state index < -0.39 is 17.6 Å². The predicted molar refractivity (Wildman–Crippen MR) is 104 cm³/mol. The van der Waals surface area contributed by atoms with Crippen LogP contribution in [0.1, 0.15) is 18.4 Å². The van der Waals surface area contributed by atoms with Gasteiger partial charge in [-0.3, -0.25) is 14.2 Å². The number of fused-ring (bicyclic) bond motifs is 1. The normalized spacial score (nSPS) is 10.8. The summed E-state index contributed by atoms with van der Waals surface area (Å²) in [5.41, 5.74) is 0.143. The Balaban J connectivity index is 1.61. The van der Waals surface area contributed by atoms with Crippen molar-refractivity contribution in [2.45, 2.75) is 26.0 Å². The van der Waals surface area contributed by atoms with Crippen LogP contribution in [-0.2, 0) is 22.7 Å². The minimum atomic E-state index is -1.04. The summed E-state index contributed by atoms with van der Waals surface area (Å²) in [7, 11) is 2.96. The lowest BCUT2D eigenvalue weighted by molar-refractivity contribution is -0.145. The molecular formula is C21H20F2N2O5. The molecule has 0 fully saturated rings. The van der Waals surface area contributed by atoms with Crippen LogP contribution in [0.4, 0.5) is 8.78 Å². The Morgan fingerprint density at radius 1 is 1.13 bits per heavy atom. The SMILES string of the molecule is COc1cc2ncn(CCCC(=O)OCc3cccc(F)c3F)c(=O)c2cc1OC. The third-order valence-electron chi connectivity index (χ3n) is 4.53. The number of benzene rings is 2. The summed E-state index contributed by atoms with van der Waals surface area (Å²) < 4.78 is 43.5. The molecule has 0 saturated carbocycles. The van der Waals surface area contributed by atoms with Gasteiger partial charge in [-0.2, -0.15) is 0 Å². The first kappa shape index (κ1) is 21.2. The number of carbonyl (C=O) groups is 1. The van der Waals surface area contributed by atoms with Gasteiger partial charge < -0.3 is 14.2 Å². The van der Waals surface area contributed by atoms with Crippen molar-refractivity contribution in [1.29, 1.82) is 0 Å². The lowest BCUT2D eigenvalue weighted by Crippen LogP contribution is -2.21. The Kier molecular flexibility index (Phi) is 6.61. The van der Waals surface area contributed by atoms with Gasteiger partial charge in [-0.15, -0.1) is 0 Å². The second kappa shape index (κ2) is 9.34. The highest BCUT2D eigenvalue weighted by atomic mass is 19.2. The fourth-order valence-corrected chi connectivity index (χ4v) is 2.93. The monoisotopic (exact) mass is 418 g/mol. The molecule has 0 amide bonds. The second-order valence-corrected chi connectivity index (χ2v) is 6.44. The number of methoxy groups -OCH3 is 2. The van der Waals surface area contributed by atoms with Gasteiger partial charge in [0.2, 0.25) is 0 Å². The zero-order valence-electron chi connectivity index (χ0n) is 16.5. The van der Waals surface area contributed by atoms with Crippen LogP contribution in [0, 0.1) is 11.6 Å². The van der Waals surface area contributed by atoms with Gasteiger partial charge >= 0.3 is 5.97 Å². The number of hydrogen-bond acceptors (Lipinski definition) is 6. The van der Waals surface area contributed by atoms with E-state index in [2.05, 4.69) is 4.98 Å². The van der Waals surface area contributed by atoms with Crippen LogP contribution in [0.2, 0.25) is 0 Å². The van der Waals surface area contributed by atoms with E-state index in [1.165, 1.54) is 37.2 Å². The highest BCUT2D eigenvalue weighted by Crippen LogP contribution is 2.29. The third kappa shape index (κ3) is 4.56. The predicted octanol–water partition coefficient (Wildman–Crippen LogP) is 3.22. The van der Waals surface area contributed by atoms with E-state index in [9.17, 15) is 18.4 Å². The number of halogens is 2. The number of aryl methyl sites for hydroxylation is 1. The summed E-state index contributed by atoms with van der Waals surface area (Å²) in [6, 6.07) is 6.84. The van der Waals surface area contributed by atoms with Crippen LogP contribution in [0.5, 0.6) is 11.5 Å². The largest absolute Gasteiger partial charge is 0.493 e. The van der Waals surface area contributed by atoms with Crippen molar-refractivity contribution < 1.29 is 27.8 Å². The van der Waals surface area contributed by atoms with Crippen LogP contribution >= 0.6 is 0 Å². The van der Waals surface area contributed by atoms with E-state index in [0.29, 0.717) is 28.8 Å². The van der Waals surface area contributed by atoms with Crippen LogP contribution in [0.15, 0.2) is 41.5 Å².